The van der Waals surface area contributed by atoms with Crippen LogP contribution in [0.2, 0.25) is 0 Å². The first-order chi connectivity index (χ1) is 8.59. The molecule has 4 heteroatoms. The first kappa shape index (κ1) is 13.1. The highest BCUT2D eigenvalue weighted by Crippen LogP contribution is 2.37. The van der Waals surface area contributed by atoms with Crippen molar-refractivity contribution < 1.29 is 14.3 Å². The summed E-state index contributed by atoms with van der Waals surface area (Å²) in [6.07, 6.45) is 3.70. The summed E-state index contributed by atoms with van der Waals surface area (Å²) in [7, 11) is 0. The second-order valence-corrected chi connectivity index (χ2v) is 5.35. The zero-order valence-electron chi connectivity index (χ0n) is 11.0. The quantitative estimate of drug-likeness (QED) is 0.861. The lowest BCUT2D eigenvalue weighted by Crippen LogP contribution is -2.44. The van der Waals surface area contributed by atoms with Crippen LogP contribution in [0.3, 0.4) is 0 Å². The van der Waals surface area contributed by atoms with Crippen molar-refractivity contribution in [3.63, 3.8) is 0 Å². The molecule has 2 rings (SSSR count). The molecule has 1 aliphatic carbocycles. The summed E-state index contributed by atoms with van der Waals surface area (Å²) in [5.74, 6) is 0.997. The first-order valence-electron chi connectivity index (χ1n) is 6.59. The molecule has 1 aromatic heterocycles. The molecule has 1 fully saturated rings. The van der Waals surface area contributed by atoms with Crippen molar-refractivity contribution in [2.45, 2.75) is 45.6 Å². The Hall–Kier alpha value is -1.29. The number of nitrogens with one attached hydrogen (secondary N) is 1. The van der Waals surface area contributed by atoms with Gasteiger partial charge in [-0.2, -0.15) is 0 Å². The normalized spacial score (nSPS) is 27.4. The van der Waals surface area contributed by atoms with Crippen molar-refractivity contribution in [2.24, 2.45) is 5.41 Å². The summed E-state index contributed by atoms with van der Waals surface area (Å²) < 4.78 is 5.43. The predicted molar refractivity (Wildman–Crippen MR) is 68.4 cm³/mol. The van der Waals surface area contributed by atoms with E-state index in [-0.39, 0.29) is 24.0 Å². The third-order valence-corrected chi connectivity index (χ3v) is 3.98. The molecule has 0 aromatic carbocycles. The lowest BCUT2D eigenvalue weighted by atomic mass is 9.86. The highest BCUT2D eigenvalue weighted by molar-refractivity contribution is 5.91. The van der Waals surface area contributed by atoms with Gasteiger partial charge in [-0.3, -0.25) is 4.79 Å². The van der Waals surface area contributed by atoms with Crippen molar-refractivity contribution in [2.75, 3.05) is 6.61 Å². The van der Waals surface area contributed by atoms with Crippen molar-refractivity contribution >= 4 is 5.91 Å². The molecular weight excluding hydrogens is 230 g/mol. The highest BCUT2D eigenvalue weighted by Gasteiger charge is 2.39. The summed E-state index contributed by atoms with van der Waals surface area (Å²) in [6, 6.07) is 3.57. The van der Waals surface area contributed by atoms with Gasteiger partial charge in [0.1, 0.15) is 5.76 Å². The molecule has 1 aromatic rings. The van der Waals surface area contributed by atoms with Crippen molar-refractivity contribution in [3.8, 4) is 0 Å². The molecule has 100 valence electrons. The van der Waals surface area contributed by atoms with Crippen LogP contribution >= 0.6 is 0 Å². The standard InChI is InChI=1S/C14H21NO3/c1-3-10-6-7-11(18-10)13(17)15-12-5-4-8-14(12,2)9-16/h6-7,12,16H,3-5,8-9H2,1-2H3,(H,15,17). The molecule has 0 radical (unpaired) electrons. The van der Waals surface area contributed by atoms with Crippen molar-refractivity contribution in [3.05, 3.63) is 23.7 Å². The fourth-order valence-corrected chi connectivity index (χ4v) is 2.59. The average Bonchev–Trinajstić information content (AvgIpc) is 2.97. The minimum absolute atomic E-state index is 0.0326. The van der Waals surface area contributed by atoms with E-state index in [1.54, 1.807) is 6.07 Å². The van der Waals surface area contributed by atoms with Crippen LogP contribution < -0.4 is 5.32 Å². The number of aliphatic hydroxyl groups is 1. The Bertz CT molecular complexity index is 426. The van der Waals surface area contributed by atoms with Crippen LogP contribution in [0, 0.1) is 5.41 Å². The third kappa shape index (κ3) is 2.43. The zero-order chi connectivity index (χ0) is 13.2. The molecular formula is C14H21NO3. The Labute approximate surface area is 107 Å². The molecule has 2 N–H and O–H groups in total. The topological polar surface area (TPSA) is 62.5 Å². The fraction of sp³-hybridized carbons (Fsp3) is 0.643. The van der Waals surface area contributed by atoms with Gasteiger partial charge in [0, 0.05) is 17.9 Å². The van der Waals surface area contributed by atoms with Gasteiger partial charge in [-0.1, -0.05) is 20.3 Å². The SMILES string of the molecule is CCc1ccc(C(=O)NC2CCCC2(C)CO)o1. The van der Waals surface area contributed by atoms with E-state index in [1.165, 1.54) is 0 Å². The molecule has 0 spiro atoms. The summed E-state index contributed by atoms with van der Waals surface area (Å²) >= 11 is 0. The maximum atomic E-state index is 12.0. The lowest BCUT2D eigenvalue weighted by molar-refractivity contribution is 0.0804. The molecule has 0 bridgehead atoms. The number of amides is 1. The minimum Gasteiger partial charge on any atom is -0.456 e. The Morgan fingerprint density at radius 3 is 3.00 bits per heavy atom. The summed E-state index contributed by atoms with van der Waals surface area (Å²) in [5.41, 5.74) is -0.199. The van der Waals surface area contributed by atoms with E-state index in [1.807, 2.05) is 19.9 Å². The van der Waals surface area contributed by atoms with E-state index in [0.717, 1.165) is 31.4 Å². The van der Waals surface area contributed by atoms with Gasteiger partial charge in [0.15, 0.2) is 5.76 Å². The number of hydrogen-bond donors (Lipinski definition) is 2. The van der Waals surface area contributed by atoms with Gasteiger partial charge >= 0.3 is 0 Å². The van der Waals surface area contributed by atoms with Crippen LogP contribution in [0.25, 0.3) is 0 Å². The maximum absolute atomic E-state index is 12.0. The highest BCUT2D eigenvalue weighted by atomic mass is 16.3. The monoisotopic (exact) mass is 251 g/mol. The van der Waals surface area contributed by atoms with Crippen LogP contribution in [0.15, 0.2) is 16.5 Å². The van der Waals surface area contributed by atoms with Crippen LogP contribution in [0.1, 0.15) is 49.4 Å². The second-order valence-electron chi connectivity index (χ2n) is 5.35. The lowest BCUT2D eigenvalue weighted by Gasteiger charge is -2.29. The van der Waals surface area contributed by atoms with Gasteiger partial charge in [0.05, 0.1) is 6.61 Å². The van der Waals surface area contributed by atoms with Crippen molar-refractivity contribution in [1.82, 2.24) is 5.32 Å². The molecule has 0 saturated heterocycles. The van der Waals surface area contributed by atoms with Crippen molar-refractivity contribution in [1.29, 1.82) is 0 Å². The Balaban J connectivity index is 2.03. The molecule has 2 unspecified atom stereocenters. The predicted octanol–water partition coefficient (Wildman–Crippen LogP) is 2.12. The molecule has 1 aliphatic rings. The Morgan fingerprint density at radius 1 is 1.61 bits per heavy atom. The average molecular weight is 251 g/mol. The van der Waals surface area contributed by atoms with E-state index in [4.69, 9.17) is 4.42 Å². The summed E-state index contributed by atoms with van der Waals surface area (Å²) in [4.78, 5) is 12.0. The number of furan rings is 1. The number of rotatable bonds is 4. The van der Waals surface area contributed by atoms with Crippen LogP contribution in [-0.2, 0) is 6.42 Å². The number of hydrogen-bond acceptors (Lipinski definition) is 3. The van der Waals surface area contributed by atoms with E-state index in [0.29, 0.717) is 5.76 Å². The van der Waals surface area contributed by atoms with E-state index < -0.39 is 0 Å². The fourth-order valence-electron chi connectivity index (χ4n) is 2.59. The van der Waals surface area contributed by atoms with Gasteiger partial charge in [-0.05, 0) is 25.0 Å². The maximum Gasteiger partial charge on any atom is 0.287 e. The first-order valence-corrected chi connectivity index (χ1v) is 6.59. The van der Waals surface area contributed by atoms with Crippen LogP contribution in [0.4, 0.5) is 0 Å². The molecule has 1 amide bonds. The number of aryl methyl sites for hydroxylation is 1. The molecule has 1 heterocycles. The van der Waals surface area contributed by atoms with Gasteiger partial charge in [-0.25, -0.2) is 0 Å². The third-order valence-electron chi connectivity index (χ3n) is 3.98. The van der Waals surface area contributed by atoms with Gasteiger partial charge in [-0.15, -0.1) is 0 Å². The number of carbonyl (C=O) groups excluding carboxylic acids is 1. The van der Waals surface area contributed by atoms with E-state index >= 15 is 0 Å². The number of aliphatic hydroxyl groups excluding tert-OH is 1. The number of carbonyl (C=O) groups is 1. The van der Waals surface area contributed by atoms with Crippen LogP contribution in [0.5, 0.6) is 0 Å². The molecule has 0 aliphatic heterocycles. The molecule has 2 atom stereocenters. The Morgan fingerprint density at radius 2 is 2.39 bits per heavy atom. The zero-order valence-corrected chi connectivity index (χ0v) is 11.0. The van der Waals surface area contributed by atoms with Crippen LogP contribution in [-0.4, -0.2) is 23.7 Å². The summed E-state index contributed by atoms with van der Waals surface area (Å²) in [5, 5.41) is 12.4. The van der Waals surface area contributed by atoms with Gasteiger partial charge in [0.25, 0.3) is 5.91 Å². The minimum atomic E-state index is -0.199. The smallest absolute Gasteiger partial charge is 0.287 e. The largest absolute Gasteiger partial charge is 0.456 e. The van der Waals surface area contributed by atoms with Gasteiger partial charge in [0.2, 0.25) is 0 Å². The van der Waals surface area contributed by atoms with Gasteiger partial charge < -0.3 is 14.8 Å². The van der Waals surface area contributed by atoms with E-state index in [9.17, 15) is 9.90 Å². The molecule has 4 nitrogen and oxygen atoms in total. The Kier molecular flexibility index (Phi) is 3.76. The second kappa shape index (κ2) is 5.14. The van der Waals surface area contributed by atoms with E-state index in [2.05, 4.69) is 5.32 Å². The molecule has 18 heavy (non-hydrogen) atoms. The summed E-state index contributed by atoms with van der Waals surface area (Å²) in [6.45, 7) is 4.11. The molecule has 1 saturated carbocycles.